The Morgan fingerprint density at radius 1 is 1.08 bits per heavy atom. The molecule has 25 heavy (non-hydrogen) atoms. The molecule has 0 atom stereocenters. The van der Waals surface area contributed by atoms with Gasteiger partial charge in [0.1, 0.15) is 0 Å². The molecule has 1 aliphatic rings. The van der Waals surface area contributed by atoms with E-state index in [1.54, 1.807) is 23.1 Å². The van der Waals surface area contributed by atoms with Crippen LogP contribution in [0.4, 0.5) is 5.69 Å². The van der Waals surface area contributed by atoms with E-state index in [-0.39, 0.29) is 11.6 Å². The third-order valence-electron chi connectivity index (χ3n) is 4.19. The van der Waals surface area contributed by atoms with E-state index in [9.17, 15) is 14.9 Å². The molecule has 0 N–H and O–H groups in total. The van der Waals surface area contributed by atoms with Crippen LogP contribution in [0, 0.1) is 10.1 Å². The molecule has 0 unspecified atom stereocenters. The second kappa shape index (κ2) is 7.57. The quantitative estimate of drug-likeness (QED) is 0.483. The molecule has 2 aromatic rings. The lowest BCUT2D eigenvalue weighted by Gasteiger charge is -2.25. The van der Waals surface area contributed by atoms with E-state index < -0.39 is 4.92 Å². The summed E-state index contributed by atoms with van der Waals surface area (Å²) >= 11 is 0. The minimum Gasteiger partial charge on any atom is -0.335 e. The van der Waals surface area contributed by atoms with Gasteiger partial charge < -0.3 is 4.90 Å². The maximum absolute atomic E-state index is 12.3. The van der Waals surface area contributed by atoms with Gasteiger partial charge in [-0.3, -0.25) is 14.9 Å². The van der Waals surface area contributed by atoms with Gasteiger partial charge in [0.15, 0.2) is 0 Å². The van der Waals surface area contributed by atoms with E-state index >= 15 is 0 Å². The van der Waals surface area contributed by atoms with Crippen LogP contribution in [0.5, 0.6) is 0 Å². The molecule has 3 rings (SSSR count). The summed E-state index contributed by atoms with van der Waals surface area (Å²) in [4.78, 5) is 24.3. The van der Waals surface area contributed by atoms with E-state index in [1.807, 2.05) is 18.2 Å². The van der Waals surface area contributed by atoms with E-state index in [1.165, 1.54) is 29.3 Å². The van der Waals surface area contributed by atoms with Crippen LogP contribution < -0.4 is 0 Å². The molecule has 126 valence electrons. The molecule has 1 aliphatic heterocycles. The number of hydrogen-bond donors (Lipinski definition) is 0. The Bertz CT molecular complexity index is 824. The topological polar surface area (TPSA) is 63.4 Å². The van der Waals surface area contributed by atoms with Gasteiger partial charge in [-0.1, -0.05) is 36.4 Å². The van der Waals surface area contributed by atoms with Crippen LogP contribution in [0.15, 0.2) is 66.7 Å². The summed E-state index contributed by atoms with van der Waals surface area (Å²) in [5.41, 5.74) is 3.27. The van der Waals surface area contributed by atoms with Crippen molar-refractivity contribution < 1.29 is 9.72 Å². The number of non-ortho nitro benzene ring substituents is 1. The molecule has 0 fully saturated rings. The fourth-order valence-corrected chi connectivity index (χ4v) is 2.76. The Labute approximate surface area is 146 Å². The summed E-state index contributed by atoms with van der Waals surface area (Å²) in [6, 6.07) is 16.3. The third-order valence-corrected chi connectivity index (χ3v) is 4.19. The molecule has 1 amide bonds. The predicted molar refractivity (Wildman–Crippen MR) is 97.7 cm³/mol. The van der Waals surface area contributed by atoms with E-state index in [4.69, 9.17) is 0 Å². The zero-order chi connectivity index (χ0) is 17.6. The summed E-state index contributed by atoms with van der Waals surface area (Å²) < 4.78 is 0. The molecule has 0 bridgehead atoms. The number of carbonyl (C=O) groups is 1. The molecule has 5 heteroatoms. The van der Waals surface area contributed by atoms with Gasteiger partial charge in [-0.2, -0.15) is 0 Å². The molecule has 0 aliphatic carbocycles. The molecule has 5 nitrogen and oxygen atoms in total. The van der Waals surface area contributed by atoms with Crippen molar-refractivity contribution in [1.29, 1.82) is 0 Å². The summed E-state index contributed by atoms with van der Waals surface area (Å²) in [6.07, 6.45) is 6.13. The van der Waals surface area contributed by atoms with Crippen LogP contribution in [0.1, 0.15) is 17.5 Å². The molecular formula is C20H18N2O3. The molecule has 0 spiro atoms. The number of nitro benzene ring substituents is 1. The number of amides is 1. The minimum absolute atomic E-state index is 0.0399. The highest BCUT2D eigenvalue weighted by Gasteiger charge is 2.15. The largest absolute Gasteiger partial charge is 0.335 e. The third kappa shape index (κ3) is 4.20. The number of hydrogen-bond acceptors (Lipinski definition) is 3. The van der Waals surface area contributed by atoms with Crippen molar-refractivity contribution in [2.24, 2.45) is 0 Å². The SMILES string of the molecule is O=C(/C=C/c1ccc([N+](=O)[O-])cc1)N1CC=C(c2ccccc2)CC1. The van der Waals surface area contributed by atoms with Crippen LogP contribution in [0.25, 0.3) is 11.6 Å². The summed E-state index contributed by atoms with van der Waals surface area (Å²) in [6.45, 7) is 1.28. The molecule has 0 saturated carbocycles. The Hall–Kier alpha value is -3.21. The van der Waals surface area contributed by atoms with Gasteiger partial charge >= 0.3 is 0 Å². The molecule has 0 aromatic heterocycles. The Kier molecular flexibility index (Phi) is 5.04. The first-order valence-corrected chi connectivity index (χ1v) is 8.09. The Morgan fingerprint density at radius 2 is 1.80 bits per heavy atom. The van der Waals surface area contributed by atoms with Crippen molar-refractivity contribution in [1.82, 2.24) is 4.90 Å². The number of nitro groups is 1. The Balaban J connectivity index is 1.61. The van der Waals surface area contributed by atoms with Gasteiger partial charge in [0, 0.05) is 31.3 Å². The lowest BCUT2D eigenvalue weighted by Crippen LogP contribution is -2.33. The summed E-state index contributed by atoms with van der Waals surface area (Å²) in [5.74, 6) is -0.0540. The summed E-state index contributed by atoms with van der Waals surface area (Å²) in [7, 11) is 0. The first-order chi connectivity index (χ1) is 12.1. The second-order valence-corrected chi connectivity index (χ2v) is 5.81. The van der Waals surface area contributed by atoms with Crippen molar-refractivity contribution in [3.05, 3.63) is 88.0 Å². The average molecular weight is 334 g/mol. The zero-order valence-electron chi connectivity index (χ0n) is 13.7. The van der Waals surface area contributed by atoms with Crippen molar-refractivity contribution in [3.63, 3.8) is 0 Å². The normalized spacial score (nSPS) is 14.4. The van der Waals surface area contributed by atoms with Crippen LogP contribution in [-0.4, -0.2) is 28.8 Å². The van der Waals surface area contributed by atoms with E-state index in [0.717, 1.165) is 12.0 Å². The van der Waals surface area contributed by atoms with Crippen LogP contribution >= 0.6 is 0 Å². The predicted octanol–water partition coefficient (Wildman–Crippen LogP) is 3.92. The number of benzene rings is 2. The lowest BCUT2D eigenvalue weighted by atomic mass is 9.99. The first-order valence-electron chi connectivity index (χ1n) is 8.09. The maximum Gasteiger partial charge on any atom is 0.269 e. The van der Waals surface area contributed by atoms with Gasteiger partial charge in [0.25, 0.3) is 5.69 Å². The smallest absolute Gasteiger partial charge is 0.269 e. The first kappa shape index (κ1) is 16.6. The highest BCUT2D eigenvalue weighted by atomic mass is 16.6. The lowest BCUT2D eigenvalue weighted by molar-refractivity contribution is -0.384. The van der Waals surface area contributed by atoms with Crippen molar-refractivity contribution in [2.45, 2.75) is 6.42 Å². The highest BCUT2D eigenvalue weighted by Crippen LogP contribution is 2.22. The number of carbonyl (C=O) groups excluding carboxylic acids is 1. The monoisotopic (exact) mass is 334 g/mol. The molecule has 2 aromatic carbocycles. The van der Waals surface area contributed by atoms with Gasteiger partial charge in [-0.15, -0.1) is 0 Å². The fourth-order valence-electron chi connectivity index (χ4n) is 2.76. The minimum atomic E-state index is -0.441. The van der Waals surface area contributed by atoms with Crippen LogP contribution in [0.3, 0.4) is 0 Å². The average Bonchev–Trinajstić information content (AvgIpc) is 2.67. The number of nitrogens with zero attached hydrogens (tertiary/aromatic N) is 2. The van der Waals surface area contributed by atoms with Crippen LogP contribution in [-0.2, 0) is 4.79 Å². The van der Waals surface area contributed by atoms with E-state index in [2.05, 4.69) is 18.2 Å². The van der Waals surface area contributed by atoms with Crippen LogP contribution in [0.2, 0.25) is 0 Å². The molecule has 1 heterocycles. The van der Waals surface area contributed by atoms with Gasteiger partial charge in [-0.05, 0) is 41.3 Å². The van der Waals surface area contributed by atoms with Crippen molar-refractivity contribution in [3.8, 4) is 0 Å². The van der Waals surface area contributed by atoms with Crippen molar-refractivity contribution >= 4 is 23.2 Å². The van der Waals surface area contributed by atoms with Crippen molar-refractivity contribution in [2.75, 3.05) is 13.1 Å². The Morgan fingerprint density at radius 3 is 2.40 bits per heavy atom. The molecular weight excluding hydrogens is 316 g/mol. The summed E-state index contributed by atoms with van der Waals surface area (Å²) in [5, 5.41) is 10.6. The fraction of sp³-hybridized carbons (Fsp3) is 0.150. The standard InChI is InChI=1S/C20H18N2O3/c23-20(11-8-16-6-9-19(10-7-16)22(24)25)21-14-12-18(13-15-21)17-4-2-1-3-5-17/h1-12H,13-15H2/b11-8+. The van der Waals surface area contributed by atoms with E-state index in [0.29, 0.717) is 13.1 Å². The maximum atomic E-state index is 12.3. The van der Waals surface area contributed by atoms with Gasteiger partial charge in [-0.25, -0.2) is 0 Å². The van der Waals surface area contributed by atoms with Gasteiger partial charge in [0.2, 0.25) is 5.91 Å². The number of rotatable bonds is 4. The molecule has 0 saturated heterocycles. The second-order valence-electron chi connectivity index (χ2n) is 5.81. The highest BCUT2D eigenvalue weighted by molar-refractivity contribution is 5.92. The van der Waals surface area contributed by atoms with Gasteiger partial charge in [0.05, 0.1) is 4.92 Å². The molecule has 0 radical (unpaired) electrons. The zero-order valence-corrected chi connectivity index (χ0v) is 13.7.